The van der Waals surface area contributed by atoms with Gasteiger partial charge in [-0.3, -0.25) is 4.79 Å². The molecule has 0 aromatic heterocycles. The number of hydrogen-bond acceptors (Lipinski definition) is 2. The number of Topliss-reactive ketones (excluding diaryl/α,β-unsaturated/α-hetero) is 1. The average molecular weight is 336 g/mol. The molecule has 0 saturated carbocycles. The number of ether oxygens (including phenoxy) is 1. The van der Waals surface area contributed by atoms with Gasteiger partial charge in [-0.25, -0.2) is 0 Å². The van der Waals surface area contributed by atoms with Gasteiger partial charge in [-0.15, -0.1) is 0 Å². The lowest BCUT2D eigenvalue weighted by molar-refractivity contribution is 0.101. The molecule has 0 aliphatic rings. The molecule has 15 heavy (non-hydrogen) atoms. The second-order valence-electron chi connectivity index (χ2n) is 3.11. The molecule has 0 bridgehead atoms. The van der Waals surface area contributed by atoms with Crippen molar-refractivity contribution in [2.24, 2.45) is 0 Å². The summed E-state index contributed by atoms with van der Waals surface area (Å²) < 4.78 is 5.55. The zero-order chi connectivity index (χ0) is 11.3. The lowest BCUT2D eigenvalue weighted by atomic mass is 10.1. The highest BCUT2D eigenvalue weighted by Crippen LogP contribution is 2.19. The first kappa shape index (κ1) is 12.7. The van der Waals surface area contributed by atoms with Crippen LogP contribution < -0.4 is 4.74 Å². The topological polar surface area (TPSA) is 26.3 Å². The van der Waals surface area contributed by atoms with Crippen molar-refractivity contribution in [2.75, 3.05) is 11.9 Å². The van der Waals surface area contributed by atoms with Crippen molar-refractivity contribution in [3.8, 4) is 5.75 Å². The van der Waals surface area contributed by atoms with E-state index < -0.39 is 0 Å². The zero-order valence-electron chi connectivity index (χ0n) is 8.37. The van der Waals surface area contributed by atoms with E-state index in [0.29, 0.717) is 17.9 Å². The largest absolute Gasteiger partial charge is 0.492 e. The Hall–Kier alpha value is -0.350. The number of rotatable bonds is 5. The van der Waals surface area contributed by atoms with Gasteiger partial charge in [0.2, 0.25) is 0 Å². The van der Waals surface area contributed by atoms with Crippen LogP contribution in [0.25, 0.3) is 0 Å². The van der Waals surface area contributed by atoms with Crippen LogP contribution in [0.4, 0.5) is 0 Å². The molecule has 0 aliphatic heterocycles. The second kappa shape index (κ2) is 6.28. The fourth-order valence-corrected chi connectivity index (χ4v) is 1.43. The highest BCUT2D eigenvalue weighted by atomic mass is 79.9. The minimum atomic E-state index is 0.0237. The molecule has 0 radical (unpaired) electrons. The number of alkyl halides is 2. The van der Waals surface area contributed by atoms with Gasteiger partial charge >= 0.3 is 0 Å². The van der Waals surface area contributed by atoms with Crippen LogP contribution in [0.2, 0.25) is 0 Å². The molecular weight excluding hydrogens is 324 g/mol. The van der Waals surface area contributed by atoms with Crippen molar-refractivity contribution in [2.45, 2.75) is 11.8 Å². The summed E-state index contributed by atoms with van der Waals surface area (Å²) in [5, 5.41) is 0.815. The molecule has 0 saturated heterocycles. The fourth-order valence-electron chi connectivity index (χ4n) is 1.11. The van der Waals surface area contributed by atoms with E-state index in [2.05, 4.69) is 31.9 Å². The fraction of sp³-hybridized carbons (Fsp3) is 0.364. The maximum atomic E-state index is 11.3. The number of para-hydroxylation sites is 1. The Kier molecular flexibility index (Phi) is 5.32. The molecule has 0 spiro atoms. The van der Waals surface area contributed by atoms with Gasteiger partial charge in [-0.05, 0) is 19.1 Å². The summed E-state index contributed by atoms with van der Waals surface area (Å²) >= 11 is 6.78. The number of ketones is 1. The van der Waals surface area contributed by atoms with Crippen LogP contribution in [0, 0.1) is 0 Å². The lowest BCUT2D eigenvalue weighted by Crippen LogP contribution is -2.13. The van der Waals surface area contributed by atoms with E-state index in [9.17, 15) is 4.79 Å². The van der Waals surface area contributed by atoms with E-state index in [1.165, 1.54) is 6.92 Å². The number of hydrogen-bond donors (Lipinski definition) is 0. The second-order valence-corrected chi connectivity index (χ2v) is 5.06. The molecule has 1 rings (SSSR count). The van der Waals surface area contributed by atoms with Crippen LogP contribution in [0.15, 0.2) is 24.3 Å². The van der Waals surface area contributed by atoms with Gasteiger partial charge in [0.05, 0.1) is 10.4 Å². The van der Waals surface area contributed by atoms with E-state index in [1.54, 1.807) is 6.07 Å². The maximum absolute atomic E-state index is 11.3. The first-order valence-corrected chi connectivity index (χ1v) is 6.61. The molecule has 1 aromatic rings. The number of halogens is 2. The smallest absolute Gasteiger partial charge is 0.163 e. The third-order valence-corrected chi connectivity index (χ3v) is 4.09. The quantitative estimate of drug-likeness (QED) is 0.608. The molecule has 1 unspecified atom stereocenters. The highest BCUT2D eigenvalue weighted by molar-refractivity contribution is 9.12. The molecule has 0 heterocycles. The summed E-state index contributed by atoms with van der Waals surface area (Å²) in [7, 11) is 0. The molecular formula is C11H12Br2O2. The summed E-state index contributed by atoms with van der Waals surface area (Å²) in [5.41, 5.74) is 0.631. The van der Waals surface area contributed by atoms with Crippen LogP contribution >= 0.6 is 31.9 Å². The Morgan fingerprint density at radius 3 is 2.73 bits per heavy atom. The van der Waals surface area contributed by atoms with Crippen molar-refractivity contribution < 1.29 is 9.53 Å². The Morgan fingerprint density at radius 2 is 2.13 bits per heavy atom. The molecule has 82 valence electrons. The van der Waals surface area contributed by atoms with E-state index >= 15 is 0 Å². The summed E-state index contributed by atoms with van der Waals surface area (Å²) in [6, 6.07) is 7.28. The third-order valence-electron chi connectivity index (χ3n) is 1.85. The SMILES string of the molecule is CC(=O)c1ccccc1OCC(Br)CBr. The van der Waals surface area contributed by atoms with Gasteiger partial charge in [-0.2, -0.15) is 0 Å². The van der Waals surface area contributed by atoms with Gasteiger partial charge in [0.25, 0.3) is 0 Å². The monoisotopic (exact) mass is 334 g/mol. The van der Waals surface area contributed by atoms with E-state index in [1.807, 2.05) is 18.2 Å². The standard InChI is InChI=1S/C11H12Br2O2/c1-8(14)10-4-2-3-5-11(10)15-7-9(13)6-12/h2-5,9H,6-7H2,1H3. The summed E-state index contributed by atoms with van der Waals surface area (Å²) in [4.78, 5) is 11.5. The lowest BCUT2D eigenvalue weighted by Gasteiger charge is -2.11. The van der Waals surface area contributed by atoms with Crippen molar-refractivity contribution >= 4 is 37.6 Å². The predicted molar refractivity (Wildman–Crippen MR) is 68.5 cm³/mol. The molecule has 0 fully saturated rings. The minimum absolute atomic E-state index is 0.0237. The first-order chi connectivity index (χ1) is 7.15. The van der Waals surface area contributed by atoms with Crippen molar-refractivity contribution in [1.82, 2.24) is 0 Å². The van der Waals surface area contributed by atoms with E-state index in [-0.39, 0.29) is 10.6 Å². The zero-order valence-corrected chi connectivity index (χ0v) is 11.5. The van der Waals surface area contributed by atoms with Gasteiger partial charge in [0.15, 0.2) is 5.78 Å². The van der Waals surface area contributed by atoms with Crippen LogP contribution in [0.1, 0.15) is 17.3 Å². The molecule has 4 heteroatoms. The molecule has 1 atom stereocenters. The number of carbonyl (C=O) groups excluding carboxylic acids is 1. The first-order valence-electron chi connectivity index (χ1n) is 4.58. The summed E-state index contributed by atoms with van der Waals surface area (Å²) in [6.45, 7) is 2.08. The van der Waals surface area contributed by atoms with Crippen molar-refractivity contribution in [3.05, 3.63) is 29.8 Å². The normalized spacial score (nSPS) is 12.2. The van der Waals surface area contributed by atoms with Gasteiger partial charge in [0.1, 0.15) is 12.4 Å². The van der Waals surface area contributed by atoms with Crippen LogP contribution in [-0.4, -0.2) is 22.5 Å². The molecule has 0 N–H and O–H groups in total. The molecule has 2 nitrogen and oxygen atoms in total. The summed E-state index contributed by atoms with van der Waals surface area (Å²) in [6.07, 6.45) is 0. The van der Waals surface area contributed by atoms with Crippen LogP contribution in [0.5, 0.6) is 5.75 Å². The summed E-state index contributed by atoms with van der Waals surface area (Å²) in [5.74, 6) is 0.672. The number of carbonyl (C=O) groups is 1. The van der Waals surface area contributed by atoms with Gasteiger partial charge < -0.3 is 4.74 Å². The maximum Gasteiger partial charge on any atom is 0.163 e. The van der Waals surface area contributed by atoms with Crippen molar-refractivity contribution in [3.63, 3.8) is 0 Å². The van der Waals surface area contributed by atoms with E-state index in [4.69, 9.17) is 4.74 Å². The van der Waals surface area contributed by atoms with Crippen LogP contribution in [-0.2, 0) is 0 Å². The Labute approximate surface area is 106 Å². The van der Waals surface area contributed by atoms with Crippen LogP contribution in [0.3, 0.4) is 0 Å². The Bertz CT molecular complexity index is 339. The van der Waals surface area contributed by atoms with E-state index in [0.717, 1.165) is 5.33 Å². The molecule has 0 amide bonds. The highest BCUT2D eigenvalue weighted by Gasteiger charge is 2.09. The average Bonchev–Trinajstić information content (AvgIpc) is 2.26. The molecule has 1 aromatic carbocycles. The molecule has 0 aliphatic carbocycles. The predicted octanol–water partition coefficient (Wildman–Crippen LogP) is 3.43. The minimum Gasteiger partial charge on any atom is -0.492 e. The van der Waals surface area contributed by atoms with Gasteiger partial charge in [0, 0.05) is 5.33 Å². The Morgan fingerprint density at radius 1 is 1.47 bits per heavy atom. The van der Waals surface area contributed by atoms with Gasteiger partial charge in [-0.1, -0.05) is 44.0 Å². The van der Waals surface area contributed by atoms with Crippen molar-refractivity contribution in [1.29, 1.82) is 0 Å². The number of benzene rings is 1. The third kappa shape index (κ3) is 3.95. The Balaban J connectivity index is 2.72.